The fourth-order valence-electron chi connectivity index (χ4n) is 5.07. The van der Waals surface area contributed by atoms with Gasteiger partial charge in [0.2, 0.25) is 15.9 Å². The van der Waals surface area contributed by atoms with Gasteiger partial charge in [-0.15, -0.1) is 5.10 Å². The molecule has 5 rings (SSSR count). The molecule has 0 bridgehead atoms. The first-order valence-corrected chi connectivity index (χ1v) is 12.6. The van der Waals surface area contributed by atoms with E-state index in [0.29, 0.717) is 10.6 Å². The third-order valence-electron chi connectivity index (χ3n) is 6.76. The van der Waals surface area contributed by atoms with Crippen molar-refractivity contribution in [3.05, 3.63) is 73.5 Å². The molecule has 0 fully saturated rings. The lowest BCUT2D eigenvalue weighted by Crippen LogP contribution is -2.45. The Hall–Kier alpha value is -2.66. The minimum atomic E-state index is -4.15. The molecule has 0 aliphatic carbocycles. The predicted molar refractivity (Wildman–Crippen MR) is 124 cm³/mol. The van der Waals surface area contributed by atoms with Crippen LogP contribution in [0.25, 0.3) is 0 Å². The molecule has 0 saturated heterocycles. The van der Waals surface area contributed by atoms with Gasteiger partial charge < -0.3 is 13.9 Å². The minimum absolute atomic E-state index is 0.00663. The Bertz CT molecular complexity index is 1450. The molecule has 0 saturated carbocycles. The fourth-order valence-corrected chi connectivity index (χ4v) is 7.25. The molecule has 2 aliphatic rings. The standard InChI is InChI=1S/C23H24ClN3O6S/c1-11-5-6-15-17-10-32-18-8-16(24)14(9-31-4)7-19(18)34(29,30)27(17)21(13(3)20(15)12(11)2)22-25-26-23(28)33-22/h5-8,13,17,21H,9-10H2,1-4H3,(H,26,28)/t13?,17?,21-/m0/s1. The Labute approximate surface area is 201 Å². The molecule has 1 aromatic heterocycles. The highest BCUT2D eigenvalue weighted by molar-refractivity contribution is 7.89. The third kappa shape index (κ3) is 3.39. The van der Waals surface area contributed by atoms with Gasteiger partial charge in [-0.3, -0.25) is 0 Å². The third-order valence-corrected chi connectivity index (χ3v) is 9.02. The minimum Gasteiger partial charge on any atom is -0.490 e. The molecule has 0 radical (unpaired) electrons. The fraction of sp³-hybridized carbons (Fsp3) is 0.391. The zero-order valence-corrected chi connectivity index (χ0v) is 20.7. The molecule has 11 heteroatoms. The molecular formula is C23H24ClN3O6S. The maximum Gasteiger partial charge on any atom is 0.434 e. The van der Waals surface area contributed by atoms with E-state index >= 15 is 0 Å². The number of sulfonamides is 1. The quantitative estimate of drug-likeness (QED) is 0.576. The average molecular weight is 506 g/mol. The number of aryl methyl sites for hydroxylation is 1. The maximum absolute atomic E-state index is 14.2. The first kappa shape index (κ1) is 23.1. The van der Waals surface area contributed by atoms with Crippen LogP contribution in [0.1, 0.15) is 58.6 Å². The first-order valence-electron chi connectivity index (χ1n) is 10.8. The van der Waals surface area contributed by atoms with Crippen LogP contribution in [0.5, 0.6) is 5.75 Å². The van der Waals surface area contributed by atoms with Crippen molar-refractivity contribution >= 4 is 21.6 Å². The number of nitrogens with zero attached hydrogens (tertiary/aromatic N) is 2. The summed E-state index contributed by atoms with van der Waals surface area (Å²) in [5, 5.41) is 6.65. The van der Waals surface area contributed by atoms with Crippen molar-refractivity contribution in [1.29, 1.82) is 0 Å². The molecule has 3 atom stereocenters. The second-order valence-electron chi connectivity index (χ2n) is 8.68. The van der Waals surface area contributed by atoms with E-state index in [1.807, 2.05) is 32.9 Å². The Balaban J connectivity index is 1.79. The van der Waals surface area contributed by atoms with Crippen molar-refractivity contribution in [1.82, 2.24) is 14.5 Å². The lowest BCUT2D eigenvalue weighted by Gasteiger charge is -2.43. The summed E-state index contributed by atoms with van der Waals surface area (Å²) in [4.78, 5) is 11.8. The number of nitrogens with one attached hydrogen (secondary N) is 1. The molecule has 2 aliphatic heterocycles. The van der Waals surface area contributed by atoms with Crippen LogP contribution in [0.3, 0.4) is 0 Å². The predicted octanol–water partition coefficient (Wildman–Crippen LogP) is 3.76. The molecule has 3 heterocycles. The van der Waals surface area contributed by atoms with Gasteiger partial charge in [-0.05, 0) is 47.7 Å². The summed E-state index contributed by atoms with van der Waals surface area (Å²) in [5.74, 6) is -0.921. The van der Waals surface area contributed by atoms with Crippen molar-refractivity contribution in [2.45, 2.75) is 50.3 Å². The average Bonchev–Trinajstić information content (AvgIpc) is 3.17. The van der Waals surface area contributed by atoms with Crippen LogP contribution in [0.2, 0.25) is 5.02 Å². The molecular weight excluding hydrogens is 482 g/mol. The molecule has 34 heavy (non-hydrogen) atoms. The second kappa shape index (κ2) is 8.23. The van der Waals surface area contributed by atoms with Crippen molar-refractivity contribution in [3.8, 4) is 5.75 Å². The van der Waals surface area contributed by atoms with E-state index in [1.54, 1.807) is 0 Å². The Morgan fingerprint density at radius 1 is 1.29 bits per heavy atom. The van der Waals surface area contributed by atoms with E-state index in [-0.39, 0.29) is 35.7 Å². The highest BCUT2D eigenvalue weighted by atomic mass is 35.5. The highest BCUT2D eigenvalue weighted by Crippen LogP contribution is 2.53. The van der Waals surface area contributed by atoms with Gasteiger partial charge in [0.05, 0.1) is 12.6 Å². The van der Waals surface area contributed by atoms with Gasteiger partial charge in [-0.25, -0.2) is 18.3 Å². The highest BCUT2D eigenvalue weighted by Gasteiger charge is 2.51. The van der Waals surface area contributed by atoms with Crippen LogP contribution < -0.4 is 10.5 Å². The summed E-state index contributed by atoms with van der Waals surface area (Å²) in [6, 6.07) is 5.39. The second-order valence-corrected chi connectivity index (χ2v) is 10.9. The summed E-state index contributed by atoms with van der Waals surface area (Å²) in [5.41, 5.74) is 4.51. The van der Waals surface area contributed by atoms with E-state index in [9.17, 15) is 13.2 Å². The van der Waals surface area contributed by atoms with Crippen LogP contribution in [0.4, 0.5) is 0 Å². The summed E-state index contributed by atoms with van der Waals surface area (Å²) < 4.78 is 46.4. The number of halogens is 1. The van der Waals surface area contributed by atoms with Gasteiger partial charge in [0.1, 0.15) is 23.3 Å². The van der Waals surface area contributed by atoms with Crippen LogP contribution in [-0.4, -0.2) is 36.6 Å². The zero-order valence-electron chi connectivity index (χ0n) is 19.1. The molecule has 9 nitrogen and oxygen atoms in total. The number of benzene rings is 2. The maximum atomic E-state index is 14.2. The first-order chi connectivity index (χ1) is 16.1. The normalized spacial score (nSPS) is 23.4. The largest absolute Gasteiger partial charge is 0.490 e. The smallest absolute Gasteiger partial charge is 0.434 e. The van der Waals surface area contributed by atoms with Crippen LogP contribution in [0, 0.1) is 13.8 Å². The van der Waals surface area contributed by atoms with E-state index in [2.05, 4.69) is 10.2 Å². The summed E-state index contributed by atoms with van der Waals surface area (Å²) in [7, 11) is -2.64. The van der Waals surface area contributed by atoms with Gasteiger partial charge in [0.15, 0.2) is 0 Å². The number of H-pyrrole nitrogens is 1. The SMILES string of the molecule is COCc1cc2c(cc1Cl)OCC1c3ccc(C)c(C)c3C(C)[C@@H](c3n[nH]c(=O)o3)N1S2(=O)=O. The molecule has 3 aromatic rings. The zero-order chi connectivity index (χ0) is 24.4. The van der Waals surface area contributed by atoms with Crippen LogP contribution >= 0.6 is 11.6 Å². The molecule has 2 aromatic carbocycles. The molecule has 2 unspecified atom stereocenters. The van der Waals surface area contributed by atoms with Gasteiger partial charge >= 0.3 is 5.76 Å². The van der Waals surface area contributed by atoms with Crippen molar-refractivity contribution in [3.63, 3.8) is 0 Å². The number of rotatable bonds is 3. The van der Waals surface area contributed by atoms with Gasteiger partial charge in [0, 0.05) is 24.1 Å². The number of methoxy groups -OCH3 is 1. The van der Waals surface area contributed by atoms with Crippen LogP contribution in [0.15, 0.2) is 38.4 Å². The van der Waals surface area contributed by atoms with E-state index < -0.39 is 27.9 Å². The summed E-state index contributed by atoms with van der Waals surface area (Å²) >= 11 is 6.38. The van der Waals surface area contributed by atoms with Crippen LogP contribution in [-0.2, 0) is 21.4 Å². The Morgan fingerprint density at radius 2 is 2.06 bits per heavy atom. The number of fused-ring (bicyclic) bond motifs is 4. The number of aromatic nitrogens is 2. The number of hydrogen-bond acceptors (Lipinski definition) is 7. The number of hydrogen-bond donors (Lipinski definition) is 1. The van der Waals surface area contributed by atoms with Crippen molar-refractivity contribution in [2.24, 2.45) is 0 Å². The summed E-state index contributed by atoms with van der Waals surface area (Å²) in [6.45, 7) is 6.13. The number of ether oxygens (including phenoxy) is 2. The Kier molecular flexibility index (Phi) is 5.59. The van der Waals surface area contributed by atoms with E-state index in [1.165, 1.54) is 23.5 Å². The summed E-state index contributed by atoms with van der Waals surface area (Å²) in [6.07, 6.45) is 0. The lowest BCUT2D eigenvalue weighted by molar-refractivity contribution is 0.134. The van der Waals surface area contributed by atoms with Crippen molar-refractivity contribution in [2.75, 3.05) is 13.7 Å². The molecule has 0 spiro atoms. The van der Waals surface area contributed by atoms with Gasteiger partial charge in [-0.2, -0.15) is 4.31 Å². The molecule has 1 N–H and O–H groups in total. The number of aromatic amines is 1. The van der Waals surface area contributed by atoms with Gasteiger partial charge in [-0.1, -0.05) is 30.7 Å². The lowest BCUT2D eigenvalue weighted by atomic mass is 9.79. The van der Waals surface area contributed by atoms with E-state index in [0.717, 1.165) is 22.3 Å². The van der Waals surface area contributed by atoms with Crippen molar-refractivity contribution < 1.29 is 22.3 Å². The molecule has 0 amide bonds. The van der Waals surface area contributed by atoms with E-state index in [4.69, 9.17) is 25.5 Å². The topological polar surface area (TPSA) is 115 Å². The van der Waals surface area contributed by atoms with Gasteiger partial charge in [0.25, 0.3) is 0 Å². The molecule has 180 valence electrons. The monoisotopic (exact) mass is 505 g/mol. The Morgan fingerprint density at radius 3 is 2.74 bits per heavy atom.